The largest absolute Gasteiger partial charge is 0.493 e. The number of benzene rings is 2. The molecule has 2 aromatic carbocycles. The topological polar surface area (TPSA) is 21.7 Å². The summed E-state index contributed by atoms with van der Waals surface area (Å²) in [5, 5.41) is 0. The van der Waals surface area contributed by atoms with Crippen LogP contribution in [0, 0.1) is 0 Å². The molecule has 0 N–H and O–H groups in total. The van der Waals surface area contributed by atoms with E-state index < -0.39 is 0 Å². The number of methoxy groups -OCH3 is 1. The van der Waals surface area contributed by atoms with Crippen molar-refractivity contribution in [2.75, 3.05) is 27.2 Å². The molecular weight excluding hydrogens is 274 g/mol. The lowest BCUT2D eigenvalue weighted by molar-refractivity contribution is 0.0876. The normalized spacial score (nSPS) is 22.3. The number of piperidine rings is 1. The van der Waals surface area contributed by atoms with E-state index >= 15 is 0 Å². The molecule has 0 saturated carbocycles. The highest BCUT2D eigenvalue weighted by atomic mass is 16.5. The fourth-order valence-electron chi connectivity index (χ4n) is 3.13. The Kier molecular flexibility index (Phi) is 4.64. The van der Waals surface area contributed by atoms with Gasteiger partial charge in [0, 0.05) is 19.0 Å². The fraction of sp³-hybridized carbons (Fsp3) is 0.368. The molecule has 0 spiro atoms. The molecule has 0 bridgehead atoms. The van der Waals surface area contributed by atoms with Crippen LogP contribution < -0.4 is 9.47 Å². The molecule has 3 rings (SSSR count). The monoisotopic (exact) mass is 297 g/mol. The van der Waals surface area contributed by atoms with Crippen molar-refractivity contribution in [3.63, 3.8) is 0 Å². The van der Waals surface area contributed by atoms with Crippen LogP contribution in [-0.4, -0.2) is 38.3 Å². The van der Waals surface area contributed by atoms with Gasteiger partial charge in [-0.15, -0.1) is 0 Å². The summed E-state index contributed by atoms with van der Waals surface area (Å²) in [7, 11) is 3.86. The number of likely N-dealkylation sites (tertiary alicyclic amines) is 1. The second-order valence-electron chi connectivity index (χ2n) is 5.88. The van der Waals surface area contributed by atoms with E-state index in [1.807, 2.05) is 24.3 Å². The van der Waals surface area contributed by atoms with E-state index in [9.17, 15) is 0 Å². The number of hydrogen-bond donors (Lipinski definition) is 0. The highest BCUT2D eigenvalue weighted by Crippen LogP contribution is 2.34. The minimum atomic E-state index is 0.176. The molecule has 2 aromatic rings. The van der Waals surface area contributed by atoms with E-state index in [0.717, 1.165) is 31.0 Å². The van der Waals surface area contributed by atoms with Crippen LogP contribution in [0.25, 0.3) is 0 Å². The quantitative estimate of drug-likeness (QED) is 0.861. The first-order chi connectivity index (χ1) is 10.8. The van der Waals surface area contributed by atoms with Crippen molar-refractivity contribution in [1.82, 2.24) is 4.90 Å². The van der Waals surface area contributed by atoms with Crippen LogP contribution in [0.2, 0.25) is 0 Å². The molecule has 0 unspecified atom stereocenters. The lowest BCUT2D eigenvalue weighted by Crippen LogP contribution is -2.42. The molecule has 3 nitrogen and oxygen atoms in total. The number of hydrogen-bond acceptors (Lipinski definition) is 3. The maximum Gasteiger partial charge on any atom is 0.161 e. The Hall–Kier alpha value is -2.00. The summed E-state index contributed by atoms with van der Waals surface area (Å²) in [4.78, 5) is 2.37. The molecule has 0 amide bonds. The van der Waals surface area contributed by atoms with Gasteiger partial charge in [0.25, 0.3) is 0 Å². The Morgan fingerprint density at radius 2 is 1.64 bits per heavy atom. The molecule has 22 heavy (non-hydrogen) atoms. The smallest absolute Gasteiger partial charge is 0.161 e. The Morgan fingerprint density at radius 3 is 2.36 bits per heavy atom. The summed E-state index contributed by atoms with van der Waals surface area (Å²) in [6.07, 6.45) is 1.20. The van der Waals surface area contributed by atoms with Gasteiger partial charge in [-0.1, -0.05) is 42.5 Å². The third kappa shape index (κ3) is 3.25. The van der Waals surface area contributed by atoms with Crippen LogP contribution in [-0.2, 0) is 0 Å². The molecule has 116 valence electrons. The zero-order chi connectivity index (χ0) is 15.4. The standard InChI is InChI=1S/C19H23NO2/c1-20-13-12-17(16(14-20)15-8-4-3-5-9-15)22-19-11-7-6-10-18(19)21-2/h3-11,16-17H,12-14H2,1-2H3/t16-,17+/m0/s1. The highest BCUT2D eigenvalue weighted by molar-refractivity contribution is 5.39. The Labute approximate surface area is 132 Å². The third-order valence-electron chi connectivity index (χ3n) is 4.33. The van der Waals surface area contributed by atoms with Gasteiger partial charge in [0.1, 0.15) is 6.10 Å². The molecule has 1 saturated heterocycles. The first-order valence-corrected chi connectivity index (χ1v) is 7.81. The second-order valence-corrected chi connectivity index (χ2v) is 5.88. The molecule has 3 heteroatoms. The summed E-state index contributed by atoms with van der Waals surface area (Å²) >= 11 is 0. The average Bonchev–Trinajstić information content (AvgIpc) is 2.58. The van der Waals surface area contributed by atoms with Crippen LogP contribution in [0.15, 0.2) is 54.6 Å². The summed E-state index contributed by atoms with van der Waals surface area (Å²) in [5.41, 5.74) is 1.34. The van der Waals surface area contributed by atoms with Gasteiger partial charge in [-0.2, -0.15) is 0 Å². The lowest BCUT2D eigenvalue weighted by Gasteiger charge is -2.37. The Morgan fingerprint density at radius 1 is 0.955 bits per heavy atom. The lowest BCUT2D eigenvalue weighted by atomic mass is 9.88. The minimum absolute atomic E-state index is 0.176. The summed E-state index contributed by atoms with van der Waals surface area (Å²) in [5.74, 6) is 2.01. The van der Waals surface area contributed by atoms with Gasteiger partial charge in [0.2, 0.25) is 0 Å². The van der Waals surface area contributed by atoms with Crippen molar-refractivity contribution in [2.45, 2.75) is 18.4 Å². The SMILES string of the molecule is COc1ccccc1O[C@@H]1CCN(C)C[C@H]1c1ccccc1. The van der Waals surface area contributed by atoms with Gasteiger partial charge in [0.15, 0.2) is 11.5 Å². The first kappa shape index (κ1) is 14.9. The molecule has 1 aliphatic rings. The van der Waals surface area contributed by atoms with Gasteiger partial charge < -0.3 is 14.4 Å². The fourth-order valence-corrected chi connectivity index (χ4v) is 3.13. The zero-order valence-corrected chi connectivity index (χ0v) is 13.2. The molecular formula is C19H23NO2. The van der Waals surface area contributed by atoms with Crippen LogP contribution in [0.1, 0.15) is 17.9 Å². The molecule has 0 aromatic heterocycles. The molecule has 1 aliphatic heterocycles. The predicted molar refractivity (Wildman–Crippen MR) is 88.7 cm³/mol. The summed E-state index contributed by atoms with van der Waals surface area (Å²) in [6, 6.07) is 18.5. The average molecular weight is 297 g/mol. The van der Waals surface area contributed by atoms with Gasteiger partial charge in [0.05, 0.1) is 7.11 Å². The molecule has 2 atom stereocenters. The maximum atomic E-state index is 6.34. The maximum absolute atomic E-state index is 6.34. The van der Waals surface area contributed by atoms with E-state index in [0.29, 0.717) is 5.92 Å². The first-order valence-electron chi connectivity index (χ1n) is 7.81. The Bertz CT molecular complexity index is 599. The van der Waals surface area contributed by atoms with E-state index in [1.54, 1.807) is 7.11 Å². The van der Waals surface area contributed by atoms with Crippen LogP contribution in [0.3, 0.4) is 0 Å². The Balaban J connectivity index is 1.84. The van der Waals surface area contributed by atoms with Crippen LogP contribution >= 0.6 is 0 Å². The summed E-state index contributed by atoms with van der Waals surface area (Å²) < 4.78 is 11.8. The van der Waals surface area contributed by atoms with E-state index in [2.05, 4.69) is 42.3 Å². The van der Waals surface area contributed by atoms with Crippen molar-refractivity contribution >= 4 is 0 Å². The van der Waals surface area contributed by atoms with E-state index in [4.69, 9.17) is 9.47 Å². The van der Waals surface area contributed by atoms with E-state index in [-0.39, 0.29) is 6.10 Å². The number of para-hydroxylation sites is 2. The number of likely N-dealkylation sites (N-methyl/N-ethyl adjacent to an activating group) is 1. The second kappa shape index (κ2) is 6.84. The van der Waals surface area contributed by atoms with Crippen LogP contribution in [0.4, 0.5) is 0 Å². The molecule has 0 radical (unpaired) electrons. The van der Waals surface area contributed by atoms with E-state index in [1.165, 1.54) is 5.56 Å². The van der Waals surface area contributed by atoms with Gasteiger partial charge in [-0.05, 0) is 31.2 Å². The van der Waals surface area contributed by atoms with Crippen molar-refractivity contribution in [1.29, 1.82) is 0 Å². The summed E-state index contributed by atoms with van der Waals surface area (Å²) in [6.45, 7) is 2.08. The minimum Gasteiger partial charge on any atom is -0.493 e. The highest BCUT2D eigenvalue weighted by Gasteiger charge is 2.31. The molecule has 1 heterocycles. The zero-order valence-electron chi connectivity index (χ0n) is 13.2. The van der Waals surface area contributed by atoms with Gasteiger partial charge in [-0.3, -0.25) is 0 Å². The van der Waals surface area contributed by atoms with Gasteiger partial charge in [-0.25, -0.2) is 0 Å². The number of rotatable bonds is 4. The number of ether oxygens (including phenoxy) is 2. The van der Waals surface area contributed by atoms with Crippen LogP contribution in [0.5, 0.6) is 11.5 Å². The molecule has 0 aliphatic carbocycles. The van der Waals surface area contributed by atoms with Crippen molar-refractivity contribution in [2.24, 2.45) is 0 Å². The third-order valence-corrected chi connectivity index (χ3v) is 4.33. The van der Waals surface area contributed by atoms with Gasteiger partial charge >= 0.3 is 0 Å². The van der Waals surface area contributed by atoms with Crippen molar-refractivity contribution < 1.29 is 9.47 Å². The van der Waals surface area contributed by atoms with Crippen molar-refractivity contribution in [3.8, 4) is 11.5 Å². The molecule has 1 fully saturated rings. The predicted octanol–water partition coefficient (Wildman–Crippen LogP) is 3.56. The van der Waals surface area contributed by atoms with Crippen molar-refractivity contribution in [3.05, 3.63) is 60.2 Å². The number of nitrogens with zero attached hydrogens (tertiary/aromatic N) is 1.